The molecule has 8 nitrogen and oxygen atoms in total. The predicted molar refractivity (Wildman–Crippen MR) is 134 cm³/mol. The summed E-state index contributed by atoms with van der Waals surface area (Å²) in [6, 6.07) is 12.4. The van der Waals surface area contributed by atoms with Crippen LogP contribution in [0.4, 0.5) is 0 Å². The molecule has 0 radical (unpaired) electrons. The monoisotopic (exact) mass is 491 g/mol. The lowest BCUT2D eigenvalue weighted by Crippen LogP contribution is -2.31. The third-order valence-corrected chi connectivity index (χ3v) is 7.16. The smallest absolute Gasteiger partial charge is 0.257 e. The van der Waals surface area contributed by atoms with E-state index in [9.17, 15) is 14.4 Å². The van der Waals surface area contributed by atoms with E-state index >= 15 is 0 Å². The van der Waals surface area contributed by atoms with Gasteiger partial charge in [0.2, 0.25) is 0 Å². The number of pyridine rings is 1. The van der Waals surface area contributed by atoms with Gasteiger partial charge in [-0.3, -0.25) is 19.3 Å². The highest BCUT2D eigenvalue weighted by Crippen LogP contribution is 2.23. The van der Waals surface area contributed by atoms with Crippen LogP contribution in [0.2, 0.25) is 0 Å². The summed E-state index contributed by atoms with van der Waals surface area (Å²) in [5, 5.41) is 5.46. The summed E-state index contributed by atoms with van der Waals surface area (Å²) < 4.78 is 12.7. The van der Waals surface area contributed by atoms with Crippen LogP contribution in [0.15, 0.2) is 68.1 Å². The van der Waals surface area contributed by atoms with Crippen molar-refractivity contribution in [1.82, 2.24) is 14.8 Å². The molecule has 35 heavy (non-hydrogen) atoms. The normalized spacial score (nSPS) is 13.9. The van der Waals surface area contributed by atoms with Gasteiger partial charge in [-0.25, -0.2) is 0 Å². The molecule has 1 amide bonds. The van der Waals surface area contributed by atoms with Crippen molar-refractivity contribution in [1.29, 1.82) is 0 Å². The third kappa shape index (κ3) is 4.65. The number of fused-ring (bicyclic) bond motifs is 2. The average Bonchev–Trinajstić information content (AvgIpc) is 3.31. The minimum absolute atomic E-state index is 0.0545. The predicted octanol–water partition coefficient (Wildman–Crippen LogP) is 3.01. The van der Waals surface area contributed by atoms with Gasteiger partial charge < -0.3 is 19.0 Å². The molecule has 3 aromatic heterocycles. The summed E-state index contributed by atoms with van der Waals surface area (Å²) in [6.45, 7) is 2.34. The summed E-state index contributed by atoms with van der Waals surface area (Å²) >= 11 is 1.57. The molecule has 0 spiro atoms. The zero-order chi connectivity index (χ0) is 24.4. The highest BCUT2D eigenvalue weighted by molar-refractivity contribution is 7.09. The molecule has 0 aliphatic carbocycles. The Morgan fingerprint density at radius 2 is 2.00 bits per heavy atom. The fraction of sp³-hybridized carbons (Fsp3) is 0.269. The fourth-order valence-electron chi connectivity index (χ4n) is 4.49. The molecule has 4 heterocycles. The third-order valence-electron chi connectivity index (χ3n) is 6.28. The molecular weight excluding hydrogens is 466 g/mol. The molecule has 1 aliphatic heterocycles. The summed E-state index contributed by atoms with van der Waals surface area (Å²) in [5.74, 6) is -0.00354. The molecule has 180 valence electrons. The molecule has 1 aliphatic rings. The first kappa shape index (κ1) is 23.1. The van der Waals surface area contributed by atoms with Crippen LogP contribution in [0.1, 0.15) is 26.5 Å². The molecule has 0 atom stereocenters. The van der Waals surface area contributed by atoms with Crippen molar-refractivity contribution in [3.8, 4) is 5.75 Å². The standard InChI is InChI=1S/C26H25N3O5S/c1-33-22-13-23(30)29-11-10-28(15-17-16-34-21-7-3-2-6-19(21)25(17)31)9-8-20(29)24(22)26(32)27-14-18-5-4-12-35-18/h2-7,12-13,16H,8-11,14-15H2,1H3,(H,27,32). The lowest BCUT2D eigenvalue weighted by Gasteiger charge is -2.18. The fourth-order valence-corrected chi connectivity index (χ4v) is 5.14. The van der Waals surface area contributed by atoms with Crippen LogP contribution in [0.3, 0.4) is 0 Å². The number of carbonyl (C=O) groups is 1. The Morgan fingerprint density at radius 1 is 1.14 bits per heavy atom. The zero-order valence-electron chi connectivity index (χ0n) is 19.3. The van der Waals surface area contributed by atoms with Gasteiger partial charge in [0, 0.05) is 54.8 Å². The van der Waals surface area contributed by atoms with Crippen molar-refractivity contribution in [3.63, 3.8) is 0 Å². The van der Waals surface area contributed by atoms with E-state index in [1.54, 1.807) is 28.0 Å². The second-order valence-electron chi connectivity index (χ2n) is 8.40. The van der Waals surface area contributed by atoms with Gasteiger partial charge in [0.05, 0.1) is 25.3 Å². The maximum atomic E-state index is 13.2. The van der Waals surface area contributed by atoms with E-state index in [-0.39, 0.29) is 22.6 Å². The van der Waals surface area contributed by atoms with Crippen LogP contribution in [0.5, 0.6) is 5.75 Å². The number of thiophene rings is 1. The van der Waals surface area contributed by atoms with Crippen LogP contribution in [-0.4, -0.2) is 35.6 Å². The number of para-hydroxylation sites is 1. The number of nitrogens with one attached hydrogen (secondary N) is 1. The number of benzene rings is 1. The topological polar surface area (TPSA) is 93.8 Å². The van der Waals surface area contributed by atoms with Gasteiger partial charge >= 0.3 is 0 Å². The van der Waals surface area contributed by atoms with E-state index in [1.807, 2.05) is 29.6 Å². The maximum Gasteiger partial charge on any atom is 0.257 e. The molecule has 1 aromatic carbocycles. The molecule has 4 aromatic rings. The number of hydrogen-bond acceptors (Lipinski definition) is 7. The quantitative estimate of drug-likeness (QED) is 0.446. The molecule has 5 rings (SSSR count). The van der Waals surface area contributed by atoms with Crippen LogP contribution < -0.4 is 21.0 Å². The SMILES string of the molecule is COc1cc(=O)n2c(c1C(=O)NCc1cccs1)CCN(Cc1coc3ccccc3c1=O)CC2. The lowest BCUT2D eigenvalue weighted by atomic mass is 10.1. The van der Waals surface area contributed by atoms with Crippen molar-refractivity contribution in [2.75, 3.05) is 20.2 Å². The van der Waals surface area contributed by atoms with Crippen LogP contribution >= 0.6 is 11.3 Å². The Kier molecular flexibility index (Phi) is 6.52. The molecule has 0 saturated carbocycles. The number of nitrogens with zero attached hydrogens (tertiary/aromatic N) is 2. The molecule has 0 bridgehead atoms. The molecule has 9 heteroatoms. The van der Waals surface area contributed by atoms with E-state index in [0.717, 1.165) is 4.88 Å². The first-order chi connectivity index (χ1) is 17.0. The van der Waals surface area contributed by atoms with Crippen LogP contribution in [0, 0.1) is 0 Å². The first-order valence-corrected chi connectivity index (χ1v) is 12.3. The van der Waals surface area contributed by atoms with E-state index in [0.29, 0.717) is 66.9 Å². The van der Waals surface area contributed by atoms with Crippen molar-refractivity contribution >= 4 is 28.2 Å². The van der Waals surface area contributed by atoms with Gasteiger partial charge in [-0.1, -0.05) is 18.2 Å². The highest BCUT2D eigenvalue weighted by atomic mass is 32.1. The second-order valence-corrected chi connectivity index (χ2v) is 9.43. The van der Waals surface area contributed by atoms with Crippen molar-refractivity contribution in [2.45, 2.75) is 26.1 Å². The molecule has 1 N–H and O–H groups in total. The first-order valence-electron chi connectivity index (χ1n) is 11.4. The average molecular weight is 492 g/mol. The number of carbonyl (C=O) groups excluding carboxylic acids is 1. The zero-order valence-corrected chi connectivity index (χ0v) is 20.1. The van der Waals surface area contributed by atoms with Gasteiger partial charge in [-0.15, -0.1) is 11.3 Å². The lowest BCUT2D eigenvalue weighted by molar-refractivity contribution is 0.0946. The largest absolute Gasteiger partial charge is 0.496 e. The second kappa shape index (κ2) is 9.89. The minimum Gasteiger partial charge on any atom is -0.496 e. The summed E-state index contributed by atoms with van der Waals surface area (Å²) in [6.07, 6.45) is 1.98. The summed E-state index contributed by atoms with van der Waals surface area (Å²) in [4.78, 5) is 42.1. The Labute approximate surface area is 205 Å². The number of ether oxygens (including phenoxy) is 1. The van der Waals surface area contributed by atoms with Gasteiger partial charge in [0.25, 0.3) is 11.5 Å². The summed E-state index contributed by atoms with van der Waals surface area (Å²) in [5.41, 5.74) is 1.89. The molecule has 0 saturated heterocycles. The Balaban J connectivity index is 1.40. The Bertz CT molecular complexity index is 1490. The van der Waals surface area contributed by atoms with Crippen LogP contribution in [0.25, 0.3) is 11.0 Å². The van der Waals surface area contributed by atoms with Gasteiger partial charge in [0.1, 0.15) is 16.9 Å². The summed E-state index contributed by atoms with van der Waals surface area (Å²) in [7, 11) is 1.46. The minimum atomic E-state index is -0.275. The van der Waals surface area contributed by atoms with E-state index in [4.69, 9.17) is 9.15 Å². The maximum absolute atomic E-state index is 13.2. The number of aromatic nitrogens is 1. The van der Waals surface area contributed by atoms with Gasteiger partial charge in [-0.2, -0.15) is 0 Å². The molecular formula is C26H25N3O5S. The number of amides is 1. The van der Waals surface area contributed by atoms with Crippen molar-refractivity contribution < 1.29 is 13.9 Å². The molecule has 0 unspecified atom stereocenters. The van der Waals surface area contributed by atoms with E-state index < -0.39 is 0 Å². The van der Waals surface area contributed by atoms with Crippen molar-refractivity contribution in [2.24, 2.45) is 0 Å². The number of hydrogen-bond donors (Lipinski definition) is 1. The highest BCUT2D eigenvalue weighted by Gasteiger charge is 2.25. The van der Waals surface area contributed by atoms with Crippen molar-refractivity contribution in [3.05, 3.63) is 96.4 Å². The number of rotatable bonds is 6. The van der Waals surface area contributed by atoms with E-state index in [1.165, 1.54) is 19.4 Å². The molecule has 0 fully saturated rings. The Hall–Kier alpha value is -3.69. The van der Waals surface area contributed by atoms with Gasteiger partial charge in [0.15, 0.2) is 5.43 Å². The van der Waals surface area contributed by atoms with E-state index in [2.05, 4.69) is 10.2 Å². The van der Waals surface area contributed by atoms with Gasteiger partial charge in [-0.05, 0) is 23.6 Å². The Morgan fingerprint density at radius 3 is 2.80 bits per heavy atom. The number of methoxy groups -OCH3 is 1. The van der Waals surface area contributed by atoms with Crippen LogP contribution in [-0.2, 0) is 26.1 Å².